The van der Waals surface area contributed by atoms with Crippen molar-refractivity contribution in [2.24, 2.45) is 5.73 Å². The molecule has 0 saturated heterocycles. The minimum absolute atomic E-state index is 0. The molecule has 304 valence electrons. The van der Waals surface area contributed by atoms with Gasteiger partial charge in [0.05, 0.1) is 18.9 Å². The maximum absolute atomic E-state index is 12.6. The number of aryl methyl sites for hydroxylation is 3. The Hall–Kier alpha value is -5.20. The van der Waals surface area contributed by atoms with Gasteiger partial charge in [0.2, 0.25) is 0 Å². The molecule has 0 aliphatic rings. The number of amidine groups is 1. The summed E-state index contributed by atoms with van der Waals surface area (Å²) in [5, 5.41) is 7.55. The fourth-order valence-electron chi connectivity index (χ4n) is 4.73. The molecule has 5 aromatic rings. The van der Waals surface area contributed by atoms with E-state index >= 15 is 0 Å². The van der Waals surface area contributed by atoms with Gasteiger partial charge in [-0.3, -0.25) is 24.5 Å². The normalized spacial score (nSPS) is 10.7. The minimum Gasteiger partial charge on any atom is -0.388 e. The molecule has 0 fully saturated rings. The zero-order valence-electron chi connectivity index (χ0n) is 32.9. The molecule has 5 rings (SSSR count). The topological polar surface area (TPSA) is 242 Å². The number of nitrogens with one attached hydrogen (secondary N) is 3. The van der Waals surface area contributed by atoms with Crippen LogP contribution in [0.1, 0.15) is 77.1 Å². The highest BCUT2D eigenvalue weighted by Crippen LogP contribution is 2.12. The third-order valence-electron chi connectivity index (χ3n) is 7.17. The molecule has 3 heterocycles. The molecule has 56 heavy (non-hydrogen) atoms. The fourth-order valence-corrected chi connectivity index (χ4v) is 4.98. The summed E-state index contributed by atoms with van der Waals surface area (Å²) >= 11 is 11.6. The Labute approximate surface area is 342 Å². The second-order valence-electron chi connectivity index (χ2n) is 14.1. The van der Waals surface area contributed by atoms with Gasteiger partial charge in [-0.1, -0.05) is 47.5 Å². The molecule has 5 N–H and O–H groups in total. The molecule has 20 heteroatoms. The standard InChI is InChI=1S/C15H18ClN3O2.C11H10ClN3O2.C8H13N3O2.C2H6N2.BrH/c1-10-17-13(20)19(15(2,3)4)14(21)18(10)9-11-5-7-12(16)8-6-11;1-7-13-10(16)14-11(17)15(7)6-8-2-4-9(12)5-3-8;1-5-9-6(12)11(7(13)10-5)8(2,3)4;1-2(3)4;/h5-8H,9H2,1-4H3;2-5H,6H2,1H3,(H,14,16,17);1-4H3,(H,9,10,12,13);1H3,(H3,3,4);1H. The van der Waals surface area contributed by atoms with Crippen molar-refractivity contribution in [1.29, 1.82) is 5.41 Å². The van der Waals surface area contributed by atoms with Crippen LogP contribution in [0.25, 0.3) is 0 Å². The predicted molar refractivity (Wildman–Crippen MR) is 224 cm³/mol. The van der Waals surface area contributed by atoms with Crippen LogP contribution in [0.5, 0.6) is 0 Å². The molecule has 0 amide bonds. The van der Waals surface area contributed by atoms with E-state index in [1.54, 1.807) is 86.6 Å². The van der Waals surface area contributed by atoms with Crippen LogP contribution < -0.4 is 39.9 Å². The average molecular weight is 882 g/mol. The lowest BCUT2D eigenvalue weighted by atomic mass is 10.1. The van der Waals surface area contributed by atoms with E-state index in [1.165, 1.54) is 20.6 Å². The number of benzene rings is 2. The van der Waals surface area contributed by atoms with E-state index in [9.17, 15) is 28.8 Å². The first kappa shape index (κ1) is 48.8. The number of nitrogens with zero attached hydrogens (tertiary/aromatic N) is 7. The molecule has 0 aliphatic carbocycles. The maximum Gasteiger partial charge on any atom is 0.353 e. The van der Waals surface area contributed by atoms with Crippen molar-refractivity contribution < 1.29 is 0 Å². The molecule has 0 saturated carbocycles. The number of hydrogen-bond acceptors (Lipinski definition) is 10. The first-order valence-corrected chi connectivity index (χ1v) is 17.5. The molecule has 3 aromatic heterocycles. The quantitative estimate of drug-likeness (QED) is 0.151. The Bertz CT molecular complexity index is 2440. The van der Waals surface area contributed by atoms with Crippen LogP contribution in [-0.2, 0) is 24.2 Å². The largest absolute Gasteiger partial charge is 0.388 e. The summed E-state index contributed by atoms with van der Waals surface area (Å²) in [6.45, 7) is 17.8. The van der Waals surface area contributed by atoms with E-state index < -0.39 is 39.5 Å². The van der Waals surface area contributed by atoms with Crippen LogP contribution in [0.2, 0.25) is 10.0 Å². The van der Waals surface area contributed by atoms with E-state index in [0.29, 0.717) is 40.6 Å². The van der Waals surface area contributed by atoms with Crippen LogP contribution in [0.4, 0.5) is 0 Å². The Morgan fingerprint density at radius 1 is 0.661 bits per heavy atom. The molecule has 0 atom stereocenters. The van der Waals surface area contributed by atoms with Gasteiger partial charge in [0.25, 0.3) is 0 Å². The summed E-state index contributed by atoms with van der Waals surface area (Å²) in [6, 6.07) is 14.4. The summed E-state index contributed by atoms with van der Waals surface area (Å²) in [6.07, 6.45) is 0. The number of rotatable bonds is 4. The SMILES string of the molecule is Br.CC(=N)N.Cc1nc(=O)[nH]c(=O)n1Cc1ccc(Cl)cc1.Cc1nc(=O)n(C(C)(C)C)c(=O)[nH]1.Cc1nc(=O)n(C(C)(C)C)c(=O)n1Cc1ccc(Cl)cc1. The van der Waals surface area contributed by atoms with Crippen LogP contribution in [0.3, 0.4) is 0 Å². The third-order valence-corrected chi connectivity index (χ3v) is 7.67. The first-order valence-electron chi connectivity index (χ1n) is 16.7. The van der Waals surface area contributed by atoms with E-state index in [1.807, 2.05) is 24.3 Å². The fraction of sp³-hybridized carbons (Fsp3) is 0.389. The number of H-pyrrole nitrogens is 2. The molecule has 0 spiro atoms. The first-order chi connectivity index (χ1) is 25.3. The van der Waals surface area contributed by atoms with Crippen LogP contribution in [-0.4, -0.2) is 49.0 Å². The van der Waals surface area contributed by atoms with Crippen molar-refractivity contribution in [1.82, 2.24) is 43.2 Å². The molecule has 17 nitrogen and oxygen atoms in total. The van der Waals surface area contributed by atoms with Gasteiger partial charge >= 0.3 is 34.1 Å². The average Bonchev–Trinajstić information content (AvgIpc) is 3.01. The monoisotopic (exact) mass is 879 g/mol. The number of hydrogen-bond donors (Lipinski definition) is 4. The maximum atomic E-state index is 12.6. The zero-order valence-corrected chi connectivity index (χ0v) is 36.1. The van der Waals surface area contributed by atoms with Gasteiger partial charge in [0.1, 0.15) is 17.5 Å². The molecular formula is C36H48BrCl2N11O6. The zero-order chi connectivity index (χ0) is 42.0. The van der Waals surface area contributed by atoms with Crippen LogP contribution >= 0.6 is 40.2 Å². The lowest BCUT2D eigenvalue weighted by Gasteiger charge is -2.22. The number of aromatic amines is 2. The molecular weight excluding hydrogens is 833 g/mol. The second kappa shape index (κ2) is 20.6. The summed E-state index contributed by atoms with van der Waals surface area (Å²) in [4.78, 5) is 85.7. The highest BCUT2D eigenvalue weighted by atomic mass is 79.9. The van der Waals surface area contributed by atoms with Crippen LogP contribution in [0.15, 0.2) is 77.3 Å². The summed E-state index contributed by atoms with van der Waals surface area (Å²) in [7, 11) is 0. The predicted octanol–water partition coefficient (Wildman–Crippen LogP) is 3.63. The molecule has 0 unspecified atom stereocenters. The van der Waals surface area contributed by atoms with E-state index in [-0.39, 0.29) is 28.5 Å². The molecule has 0 aliphatic heterocycles. The Morgan fingerprint density at radius 2 is 1.05 bits per heavy atom. The van der Waals surface area contributed by atoms with Gasteiger partial charge < -0.3 is 5.73 Å². The number of halogens is 3. The molecule has 0 radical (unpaired) electrons. The van der Waals surface area contributed by atoms with Gasteiger partial charge in [-0.05, 0) is 105 Å². The van der Waals surface area contributed by atoms with Crippen molar-refractivity contribution in [3.05, 3.63) is 150 Å². The van der Waals surface area contributed by atoms with Gasteiger partial charge in [-0.2, -0.15) is 15.0 Å². The highest BCUT2D eigenvalue weighted by molar-refractivity contribution is 8.93. The molecule has 2 aromatic carbocycles. The van der Waals surface area contributed by atoms with Crippen LogP contribution in [0, 0.1) is 26.2 Å². The number of nitrogens with two attached hydrogens (primary N) is 1. The summed E-state index contributed by atoms with van der Waals surface area (Å²) < 4.78 is 5.16. The smallest absolute Gasteiger partial charge is 0.353 e. The van der Waals surface area contributed by atoms with Crippen molar-refractivity contribution in [3.63, 3.8) is 0 Å². The van der Waals surface area contributed by atoms with Gasteiger partial charge in [0, 0.05) is 21.1 Å². The van der Waals surface area contributed by atoms with Crippen molar-refractivity contribution in [2.75, 3.05) is 0 Å². The van der Waals surface area contributed by atoms with E-state index in [2.05, 4.69) is 24.9 Å². The van der Waals surface area contributed by atoms with Crippen molar-refractivity contribution in [2.45, 2.75) is 93.4 Å². The van der Waals surface area contributed by atoms with Crippen molar-refractivity contribution in [3.8, 4) is 0 Å². The second-order valence-corrected chi connectivity index (χ2v) is 15.0. The summed E-state index contributed by atoms with van der Waals surface area (Å²) in [5.41, 5.74) is 2.50. The van der Waals surface area contributed by atoms with E-state index in [4.69, 9.17) is 34.3 Å². The third kappa shape index (κ3) is 14.8. The Balaban J connectivity index is 0.000000406. The van der Waals surface area contributed by atoms with Gasteiger partial charge in [-0.25, -0.2) is 37.9 Å². The molecule has 0 bridgehead atoms. The van der Waals surface area contributed by atoms with Gasteiger partial charge in [-0.15, -0.1) is 17.0 Å². The van der Waals surface area contributed by atoms with E-state index in [0.717, 1.165) is 15.7 Å². The lowest BCUT2D eigenvalue weighted by molar-refractivity contribution is 0.343. The lowest BCUT2D eigenvalue weighted by Crippen LogP contribution is -2.49. The highest BCUT2D eigenvalue weighted by Gasteiger charge is 2.21. The van der Waals surface area contributed by atoms with Crippen molar-refractivity contribution >= 4 is 46.0 Å². The van der Waals surface area contributed by atoms with Gasteiger partial charge in [0.15, 0.2) is 0 Å². The Morgan fingerprint density at radius 3 is 1.45 bits per heavy atom. The Kier molecular flexibility index (Phi) is 18.0. The number of aromatic nitrogens is 9. The summed E-state index contributed by atoms with van der Waals surface area (Å²) in [5.74, 6) is 1.30. The minimum atomic E-state index is -0.625.